The van der Waals surface area contributed by atoms with Crippen molar-refractivity contribution in [3.63, 3.8) is 0 Å². The summed E-state index contributed by atoms with van der Waals surface area (Å²) in [7, 11) is 3.64. The van der Waals surface area contributed by atoms with Gasteiger partial charge in [0.25, 0.3) is 0 Å². The van der Waals surface area contributed by atoms with Gasteiger partial charge in [0.05, 0.1) is 23.1 Å². The minimum absolute atomic E-state index is 0.256. The number of hydrogen-bond donors (Lipinski definition) is 0. The molecule has 4 rings (SSSR count). The van der Waals surface area contributed by atoms with Crippen LogP contribution in [0.5, 0.6) is 0 Å². The summed E-state index contributed by atoms with van der Waals surface area (Å²) in [5.74, 6) is -1.81. The van der Waals surface area contributed by atoms with Crippen LogP contribution in [-0.2, 0) is 33.3 Å². The van der Waals surface area contributed by atoms with E-state index in [1.165, 1.54) is 6.92 Å². The molecule has 3 heterocycles. The number of fused-ring (bicyclic) bond motifs is 4. The molecule has 8 atom stereocenters. The van der Waals surface area contributed by atoms with Crippen molar-refractivity contribution < 1.29 is 33.3 Å². The van der Waals surface area contributed by atoms with E-state index in [0.717, 1.165) is 0 Å². The van der Waals surface area contributed by atoms with Gasteiger partial charge in [-0.05, 0) is 27.1 Å². The van der Waals surface area contributed by atoms with Gasteiger partial charge in [0.15, 0.2) is 6.10 Å². The lowest BCUT2D eigenvalue weighted by Gasteiger charge is -2.32. The topological polar surface area (TPSA) is 94.7 Å². The van der Waals surface area contributed by atoms with Gasteiger partial charge in [-0.3, -0.25) is 14.5 Å². The second kappa shape index (κ2) is 6.04. The Morgan fingerprint density at radius 3 is 2.63 bits per heavy atom. The van der Waals surface area contributed by atoms with Crippen LogP contribution in [0.25, 0.3) is 0 Å². The van der Waals surface area contributed by atoms with Crippen molar-refractivity contribution in [3.05, 3.63) is 11.6 Å². The molecule has 0 spiro atoms. The number of carbonyl (C=O) groups excluding carboxylic acids is 3. The predicted molar refractivity (Wildman–Crippen MR) is 91.4 cm³/mol. The number of rotatable bonds is 2. The van der Waals surface area contributed by atoms with E-state index in [0.29, 0.717) is 12.0 Å². The van der Waals surface area contributed by atoms with Crippen molar-refractivity contribution >= 4 is 17.9 Å². The highest BCUT2D eigenvalue weighted by atomic mass is 16.6. The smallest absolute Gasteiger partial charge is 0.336 e. The SMILES string of the molecule is CC(=O)O[C@@H]1[C@H](N(C)C)C2=C[C@@H](OC2=O)[C@@H]2C(C)C(=O)O[C@H]2C[C@]2(C)O[C@@H]12. The van der Waals surface area contributed by atoms with Crippen LogP contribution >= 0.6 is 0 Å². The quantitative estimate of drug-likeness (QED) is 0.388. The number of esters is 3. The second-order valence-electron chi connectivity index (χ2n) is 8.37. The molecule has 0 N–H and O–H groups in total. The van der Waals surface area contributed by atoms with Crippen molar-refractivity contribution in [2.75, 3.05) is 14.1 Å². The van der Waals surface area contributed by atoms with E-state index >= 15 is 0 Å². The van der Waals surface area contributed by atoms with Gasteiger partial charge < -0.3 is 18.9 Å². The molecule has 4 aliphatic rings. The lowest BCUT2D eigenvalue weighted by atomic mass is 9.79. The maximum atomic E-state index is 12.7. The number of likely N-dealkylation sites (N-methyl/N-ethyl adjacent to an activating group) is 1. The molecular formula is C19H25NO7. The zero-order valence-corrected chi connectivity index (χ0v) is 16.1. The molecule has 0 aromatic heterocycles. The molecule has 27 heavy (non-hydrogen) atoms. The van der Waals surface area contributed by atoms with E-state index in [4.69, 9.17) is 18.9 Å². The van der Waals surface area contributed by atoms with Gasteiger partial charge in [-0.15, -0.1) is 0 Å². The normalized spacial score (nSPS) is 45.4. The molecule has 8 heteroatoms. The van der Waals surface area contributed by atoms with Crippen LogP contribution in [0.15, 0.2) is 11.6 Å². The third-order valence-electron chi connectivity index (χ3n) is 6.18. The van der Waals surface area contributed by atoms with Gasteiger partial charge in [-0.1, -0.05) is 6.92 Å². The molecule has 3 aliphatic heterocycles. The number of epoxide rings is 1. The summed E-state index contributed by atoms with van der Waals surface area (Å²) in [4.78, 5) is 38.5. The fourth-order valence-corrected chi connectivity index (χ4v) is 4.83. The van der Waals surface area contributed by atoms with Gasteiger partial charge in [-0.25, -0.2) is 4.79 Å². The first-order valence-corrected chi connectivity index (χ1v) is 9.27. The molecular weight excluding hydrogens is 354 g/mol. The Hall–Kier alpha value is -1.93. The summed E-state index contributed by atoms with van der Waals surface area (Å²) in [5, 5.41) is 0. The summed E-state index contributed by atoms with van der Waals surface area (Å²) in [5.41, 5.74) is -0.163. The Morgan fingerprint density at radius 1 is 1.30 bits per heavy atom. The third kappa shape index (κ3) is 2.86. The fraction of sp³-hybridized carbons (Fsp3) is 0.737. The summed E-state index contributed by atoms with van der Waals surface area (Å²) in [6, 6.07) is -0.497. The van der Waals surface area contributed by atoms with Crippen LogP contribution < -0.4 is 0 Å². The molecule has 2 fully saturated rings. The molecule has 2 bridgehead atoms. The van der Waals surface area contributed by atoms with Gasteiger partial charge in [0.1, 0.15) is 18.3 Å². The third-order valence-corrected chi connectivity index (χ3v) is 6.18. The zero-order valence-electron chi connectivity index (χ0n) is 16.1. The van der Waals surface area contributed by atoms with E-state index in [2.05, 4.69) is 0 Å². The molecule has 0 saturated carbocycles. The Balaban J connectivity index is 1.80. The van der Waals surface area contributed by atoms with Crippen molar-refractivity contribution in [1.29, 1.82) is 0 Å². The van der Waals surface area contributed by atoms with Crippen molar-refractivity contribution in [1.82, 2.24) is 4.90 Å². The molecule has 148 valence electrons. The molecule has 2 saturated heterocycles. The van der Waals surface area contributed by atoms with Crippen LogP contribution in [0.4, 0.5) is 0 Å². The zero-order chi connectivity index (χ0) is 19.7. The van der Waals surface area contributed by atoms with Crippen LogP contribution in [0.2, 0.25) is 0 Å². The lowest BCUT2D eigenvalue weighted by molar-refractivity contribution is -0.152. The van der Waals surface area contributed by atoms with E-state index in [1.807, 2.05) is 25.9 Å². The molecule has 0 aromatic carbocycles. The largest absolute Gasteiger partial charge is 0.462 e. The maximum Gasteiger partial charge on any atom is 0.336 e. The van der Waals surface area contributed by atoms with E-state index in [-0.39, 0.29) is 17.8 Å². The van der Waals surface area contributed by atoms with Crippen LogP contribution in [-0.4, -0.2) is 73.0 Å². The van der Waals surface area contributed by atoms with Gasteiger partial charge in [-0.2, -0.15) is 0 Å². The van der Waals surface area contributed by atoms with Crippen LogP contribution in [0.3, 0.4) is 0 Å². The number of ether oxygens (including phenoxy) is 4. The fourth-order valence-electron chi connectivity index (χ4n) is 4.83. The summed E-state index contributed by atoms with van der Waals surface area (Å²) >= 11 is 0. The van der Waals surface area contributed by atoms with Crippen molar-refractivity contribution in [2.24, 2.45) is 11.8 Å². The highest BCUT2D eigenvalue weighted by Gasteiger charge is 2.65. The second-order valence-corrected chi connectivity index (χ2v) is 8.37. The molecule has 0 radical (unpaired) electrons. The molecule has 8 nitrogen and oxygen atoms in total. The lowest BCUT2D eigenvalue weighted by Crippen LogP contribution is -2.48. The van der Waals surface area contributed by atoms with E-state index < -0.39 is 48.0 Å². The van der Waals surface area contributed by atoms with Gasteiger partial charge >= 0.3 is 17.9 Å². The highest BCUT2D eigenvalue weighted by Crippen LogP contribution is 2.50. The predicted octanol–water partition coefficient (Wildman–Crippen LogP) is 0.439. The Labute approximate surface area is 157 Å². The summed E-state index contributed by atoms with van der Waals surface area (Å²) < 4.78 is 22.8. The van der Waals surface area contributed by atoms with E-state index in [9.17, 15) is 14.4 Å². The minimum atomic E-state index is -0.661. The summed E-state index contributed by atoms with van der Waals surface area (Å²) in [6.07, 6.45) is 0.224. The highest BCUT2D eigenvalue weighted by molar-refractivity contribution is 5.93. The van der Waals surface area contributed by atoms with Crippen LogP contribution in [0.1, 0.15) is 27.2 Å². The number of hydrogen-bond acceptors (Lipinski definition) is 8. The molecule has 1 aliphatic carbocycles. The first-order chi connectivity index (χ1) is 12.6. The standard InChI is InChI=1S/C19H25NO7/c1-8-13-11-6-10(18(23)25-11)14(20(4)5)15(24-9(2)21)16-19(3,27-16)7-12(13)26-17(8)22/h6,8,11-16H,7H2,1-5H3/t8?,11-,12+,13+,14-,15-,16+,19+/m1/s1. The van der Waals surface area contributed by atoms with Crippen LogP contribution in [0, 0.1) is 11.8 Å². The molecule has 1 unspecified atom stereocenters. The average molecular weight is 379 g/mol. The number of carbonyl (C=O) groups is 3. The van der Waals surface area contributed by atoms with Gasteiger partial charge in [0, 0.05) is 19.3 Å². The maximum absolute atomic E-state index is 12.7. The average Bonchev–Trinajstić information content (AvgIpc) is 2.95. The van der Waals surface area contributed by atoms with Gasteiger partial charge in [0.2, 0.25) is 0 Å². The van der Waals surface area contributed by atoms with Crippen molar-refractivity contribution in [2.45, 2.75) is 63.3 Å². The monoisotopic (exact) mass is 379 g/mol. The number of nitrogens with zero attached hydrogens (tertiary/aromatic N) is 1. The van der Waals surface area contributed by atoms with Crippen molar-refractivity contribution in [3.8, 4) is 0 Å². The first-order valence-electron chi connectivity index (χ1n) is 9.27. The Bertz CT molecular complexity index is 732. The molecule has 0 aromatic rings. The minimum Gasteiger partial charge on any atom is -0.462 e. The Kier molecular flexibility index (Phi) is 4.12. The molecule has 0 amide bonds. The first kappa shape index (κ1) is 18.4. The summed E-state index contributed by atoms with van der Waals surface area (Å²) in [6.45, 7) is 5.07. The Morgan fingerprint density at radius 2 is 2.00 bits per heavy atom. The van der Waals surface area contributed by atoms with E-state index in [1.54, 1.807) is 13.0 Å².